The number of hydrogen-bond donors (Lipinski definition) is 0. The molecule has 2 aliphatic rings. The van der Waals surface area contributed by atoms with E-state index in [0.717, 1.165) is 72.4 Å². The first kappa shape index (κ1) is 37.8. The van der Waals surface area contributed by atoms with Crippen LogP contribution in [0.25, 0.3) is 11.3 Å². The second kappa shape index (κ2) is 14.7. The van der Waals surface area contributed by atoms with Gasteiger partial charge in [0.2, 0.25) is 0 Å². The summed E-state index contributed by atoms with van der Waals surface area (Å²) in [5.74, 6) is 0. The molecule has 0 N–H and O–H groups in total. The van der Waals surface area contributed by atoms with Gasteiger partial charge >= 0.3 is 12.2 Å². The number of carbonyl (C=O) groups is 2. The van der Waals surface area contributed by atoms with Crippen molar-refractivity contribution < 1.29 is 19.1 Å². The van der Waals surface area contributed by atoms with Crippen LogP contribution < -0.4 is 0 Å². The Morgan fingerprint density at radius 2 is 1.18 bits per heavy atom. The Labute approximate surface area is 304 Å². The normalized spacial score (nSPS) is 18.3. The summed E-state index contributed by atoms with van der Waals surface area (Å²) in [4.78, 5) is 37.9. The number of halogens is 1. The lowest BCUT2D eigenvalue weighted by atomic mass is 10.00. The number of rotatable bonds is 2. The quantitative estimate of drug-likeness (QED) is 0.188. The van der Waals surface area contributed by atoms with Gasteiger partial charge in [-0.05, 0) is 108 Å². The summed E-state index contributed by atoms with van der Waals surface area (Å²) in [5, 5.41) is 19.3. The SMILES string of the molecule is Cc1nc2cc([C@@H]3CCCCN3C(=O)OC(C)(C)C)nn2c(C#N)c1C.Cc1nc2cc([C@@H]3CCCCN3C(=O)OC(C)(C)C)nn2c(Cl)c1C. The molecule has 0 aliphatic carbocycles. The summed E-state index contributed by atoms with van der Waals surface area (Å²) in [7, 11) is 0. The van der Waals surface area contributed by atoms with Crippen molar-refractivity contribution in [1.29, 1.82) is 5.26 Å². The van der Waals surface area contributed by atoms with Crippen molar-refractivity contribution in [3.8, 4) is 6.07 Å². The fraction of sp³-hybridized carbons (Fsp3) is 0.595. The van der Waals surface area contributed by atoms with Gasteiger partial charge in [0.25, 0.3) is 0 Å². The molecule has 0 saturated carbocycles. The minimum absolute atomic E-state index is 0.109. The lowest BCUT2D eigenvalue weighted by molar-refractivity contribution is 0.00800. The Morgan fingerprint density at radius 1 is 0.745 bits per heavy atom. The predicted octanol–water partition coefficient (Wildman–Crippen LogP) is 8.14. The molecule has 274 valence electrons. The molecule has 2 saturated heterocycles. The first-order valence-electron chi connectivity index (χ1n) is 17.7. The molecule has 13 nitrogen and oxygen atoms in total. The first-order valence-corrected chi connectivity index (χ1v) is 18.0. The van der Waals surface area contributed by atoms with Gasteiger partial charge in [-0.2, -0.15) is 15.5 Å². The molecule has 0 radical (unpaired) electrons. The number of amides is 2. The molecule has 0 aromatic carbocycles. The molecule has 6 rings (SSSR count). The largest absolute Gasteiger partial charge is 0.444 e. The van der Waals surface area contributed by atoms with Crippen LogP contribution in [-0.4, -0.2) is 75.5 Å². The van der Waals surface area contributed by atoms with Crippen LogP contribution in [0.3, 0.4) is 0 Å². The Morgan fingerprint density at radius 3 is 1.63 bits per heavy atom. The van der Waals surface area contributed by atoms with E-state index in [0.29, 0.717) is 35.2 Å². The van der Waals surface area contributed by atoms with Gasteiger partial charge in [0.05, 0.1) is 23.5 Å². The highest BCUT2D eigenvalue weighted by Gasteiger charge is 2.35. The second-order valence-electron chi connectivity index (χ2n) is 15.4. The fourth-order valence-electron chi connectivity index (χ4n) is 6.41. The number of nitrogens with zero attached hydrogens (tertiary/aromatic N) is 9. The van der Waals surface area contributed by atoms with Crippen LogP contribution in [0.4, 0.5) is 9.59 Å². The monoisotopic (exact) mass is 719 g/mol. The predicted molar refractivity (Wildman–Crippen MR) is 194 cm³/mol. The zero-order chi connectivity index (χ0) is 37.4. The highest BCUT2D eigenvalue weighted by Crippen LogP contribution is 2.34. The first-order chi connectivity index (χ1) is 23.9. The van der Waals surface area contributed by atoms with Gasteiger partial charge in [-0.25, -0.2) is 28.6 Å². The van der Waals surface area contributed by atoms with Crippen LogP contribution in [-0.2, 0) is 9.47 Å². The second-order valence-corrected chi connectivity index (χ2v) is 15.8. The van der Waals surface area contributed by atoms with Gasteiger partial charge in [-0.15, -0.1) is 0 Å². The van der Waals surface area contributed by atoms with Crippen molar-refractivity contribution in [3.63, 3.8) is 0 Å². The molecule has 2 aliphatic heterocycles. The van der Waals surface area contributed by atoms with Crippen LogP contribution in [0, 0.1) is 39.0 Å². The zero-order valence-corrected chi connectivity index (χ0v) is 32.3. The van der Waals surface area contributed by atoms with Gasteiger partial charge in [-0.3, -0.25) is 9.80 Å². The van der Waals surface area contributed by atoms with E-state index in [1.165, 1.54) is 0 Å². The number of ether oxygens (including phenoxy) is 2. The van der Waals surface area contributed by atoms with Crippen molar-refractivity contribution in [2.75, 3.05) is 13.1 Å². The van der Waals surface area contributed by atoms with Crippen LogP contribution in [0.2, 0.25) is 5.15 Å². The number of piperidine rings is 2. The standard InChI is InChI=1S/C19H25N5O2.C18H25ClN4O2/c1-12-13(2)21-17-10-14(22-24(17)16(12)11-20)15-8-6-7-9-23(15)18(25)26-19(3,4)5;1-11-12(2)20-15-10-13(21-23(15)16(11)19)14-8-6-7-9-22(14)17(24)25-18(3,4)5/h10,15H,6-9H2,1-5H3;10,14H,6-9H2,1-5H3/t15-;14-/m00/s1. The summed E-state index contributed by atoms with van der Waals surface area (Å²) in [6, 6.07) is 5.74. The van der Waals surface area contributed by atoms with Crippen molar-refractivity contribution in [2.45, 2.75) is 131 Å². The molecule has 6 heterocycles. The topological polar surface area (TPSA) is 143 Å². The fourth-order valence-corrected chi connectivity index (χ4v) is 6.67. The van der Waals surface area contributed by atoms with Crippen LogP contribution in [0.1, 0.15) is 132 Å². The maximum atomic E-state index is 12.6. The minimum Gasteiger partial charge on any atom is -0.444 e. The molecule has 4 aromatic rings. The molecular formula is C37H50ClN9O4. The molecule has 0 bridgehead atoms. The Bertz CT molecular complexity index is 1980. The smallest absolute Gasteiger partial charge is 0.410 e. The number of likely N-dealkylation sites (tertiary alicyclic amines) is 2. The number of hydrogen-bond acceptors (Lipinski definition) is 9. The van der Waals surface area contributed by atoms with Gasteiger partial charge in [0.15, 0.2) is 11.3 Å². The third-order valence-electron chi connectivity index (χ3n) is 9.18. The average Bonchev–Trinajstić information content (AvgIpc) is 3.67. The molecule has 2 amide bonds. The number of nitriles is 1. The molecule has 51 heavy (non-hydrogen) atoms. The van der Waals surface area contributed by atoms with E-state index in [9.17, 15) is 14.9 Å². The van der Waals surface area contributed by atoms with E-state index in [1.807, 2.05) is 81.4 Å². The molecule has 14 heteroatoms. The van der Waals surface area contributed by atoms with E-state index >= 15 is 0 Å². The maximum Gasteiger partial charge on any atom is 0.410 e. The van der Waals surface area contributed by atoms with Crippen LogP contribution in [0.15, 0.2) is 12.1 Å². The van der Waals surface area contributed by atoms with Crippen molar-refractivity contribution >= 4 is 35.1 Å². The van der Waals surface area contributed by atoms with E-state index in [4.69, 9.17) is 21.1 Å². The maximum absolute atomic E-state index is 12.6. The lowest BCUT2D eigenvalue weighted by Gasteiger charge is -2.35. The summed E-state index contributed by atoms with van der Waals surface area (Å²) in [6.07, 6.45) is 5.07. The summed E-state index contributed by atoms with van der Waals surface area (Å²) in [5.41, 5.74) is 5.77. The third-order valence-corrected chi connectivity index (χ3v) is 9.63. The Hall–Kier alpha value is -4.44. The van der Waals surface area contributed by atoms with Crippen molar-refractivity contribution in [1.82, 2.24) is 39.0 Å². The Kier molecular flexibility index (Phi) is 10.9. The van der Waals surface area contributed by atoms with E-state index in [2.05, 4.69) is 26.2 Å². The van der Waals surface area contributed by atoms with Crippen LogP contribution >= 0.6 is 11.6 Å². The molecule has 0 unspecified atom stereocenters. The molecule has 4 aromatic heterocycles. The van der Waals surface area contributed by atoms with Gasteiger partial charge in [-0.1, -0.05) is 11.6 Å². The average molecular weight is 720 g/mol. The molecular weight excluding hydrogens is 670 g/mol. The number of aromatic nitrogens is 6. The van der Waals surface area contributed by atoms with E-state index in [-0.39, 0.29) is 24.3 Å². The van der Waals surface area contributed by atoms with Crippen molar-refractivity contribution in [2.24, 2.45) is 0 Å². The van der Waals surface area contributed by atoms with Gasteiger partial charge in [0.1, 0.15) is 28.1 Å². The molecule has 2 fully saturated rings. The molecule has 0 spiro atoms. The molecule has 2 atom stereocenters. The number of carbonyl (C=O) groups excluding carboxylic acids is 2. The number of aryl methyl sites for hydroxylation is 2. The van der Waals surface area contributed by atoms with E-state index < -0.39 is 11.2 Å². The summed E-state index contributed by atoms with van der Waals surface area (Å²) in [6.45, 7) is 20.2. The number of fused-ring (bicyclic) bond motifs is 2. The minimum atomic E-state index is -0.540. The zero-order valence-electron chi connectivity index (χ0n) is 31.5. The Balaban J connectivity index is 0.000000198. The summed E-state index contributed by atoms with van der Waals surface area (Å²) < 4.78 is 14.4. The third kappa shape index (κ3) is 8.38. The van der Waals surface area contributed by atoms with Crippen molar-refractivity contribution in [3.05, 3.63) is 56.9 Å². The van der Waals surface area contributed by atoms with E-state index in [1.54, 1.807) is 18.8 Å². The van der Waals surface area contributed by atoms with Gasteiger partial charge in [0, 0.05) is 47.7 Å². The van der Waals surface area contributed by atoms with Crippen LogP contribution in [0.5, 0.6) is 0 Å². The highest BCUT2D eigenvalue weighted by atomic mass is 35.5. The highest BCUT2D eigenvalue weighted by molar-refractivity contribution is 6.30. The van der Waals surface area contributed by atoms with Gasteiger partial charge < -0.3 is 9.47 Å². The summed E-state index contributed by atoms with van der Waals surface area (Å²) >= 11 is 6.42. The lowest BCUT2D eigenvalue weighted by Crippen LogP contribution is -2.42.